The van der Waals surface area contributed by atoms with Crippen molar-refractivity contribution in [1.29, 1.82) is 0 Å². The molecule has 47 heavy (non-hydrogen) atoms. The van der Waals surface area contributed by atoms with Crippen molar-refractivity contribution in [3.63, 3.8) is 0 Å². The average molecular weight is 702 g/mol. The van der Waals surface area contributed by atoms with Crippen LogP contribution in [0.1, 0.15) is 12.3 Å². The fourth-order valence-corrected chi connectivity index (χ4v) is 8.20. The van der Waals surface area contributed by atoms with Crippen LogP contribution in [0.25, 0.3) is 22.3 Å². The quantitative estimate of drug-likeness (QED) is 0.0950. The Hall–Kier alpha value is -3.64. The predicted octanol–water partition coefficient (Wildman–Crippen LogP) is -3.25. The Morgan fingerprint density at radius 3 is 2.04 bits per heavy atom. The van der Waals surface area contributed by atoms with Crippen LogP contribution in [-0.2, 0) is 36.7 Å². The third-order valence-electron chi connectivity index (χ3n) is 8.31. The number of hydrogen-bond acceptors (Lipinski definition) is 18. The molecule has 6 unspecified atom stereocenters. The average Bonchev–Trinajstić information content (AvgIpc) is 3.46. The minimum atomic E-state index is -5.12. The fourth-order valence-electron chi connectivity index (χ4n) is 6.25. The molecule has 4 aliphatic rings. The zero-order chi connectivity index (χ0) is 33.2. The summed E-state index contributed by atoms with van der Waals surface area (Å²) < 4.78 is 61.2. The first-order valence-corrected chi connectivity index (χ1v) is 16.6. The summed E-state index contributed by atoms with van der Waals surface area (Å²) in [5.74, 6) is -0.516. The number of nitrogen functional groups attached to an aromatic ring is 2. The van der Waals surface area contributed by atoms with E-state index in [0.717, 1.165) is 10.9 Å². The van der Waals surface area contributed by atoms with Crippen molar-refractivity contribution in [3.05, 3.63) is 33.4 Å². The zero-order valence-electron chi connectivity index (χ0n) is 23.3. The van der Waals surface area contributed by atoms with Crippen LogP contribution in [0.5, 0.6) is 0 Å². The Labute approximate surface area is 258 Å². The lowest BCUT2D eigenvalue weighted by atomic mass is 10.1. The molecule has 0 radical (unpaired) electrons. The van der Waals surface area contributed by atoms with Crippen molar-refractivity contribution >= 4 is 49.9 Å². The van der Waals surface area contributed by atoms with Gasteiger partial charge in [-0.2, -0.15) is 9.97 Å². The summed E-state index contributed by atoms with van der Waals surface area (Å²) in [6.07, 6.45) is -8.51. The van der Waals surface area contributed by atoms with E-state index < -0.39 is 94.5 Å². The maximum Gasteiger partial charge on any atom is 0.472 e. The van der Waals surface area contributed by atoms with E-state index in [9.17, 15) is 38.7 Å². The van der Waals surface area contributed by atoms with E-state index in [2.05, 4.69) is 29.9 Å². The number of rotatable bonds is 2. The highest BCUT2D eigenvalue weighted by molar-refractivity contribution is 7.47. The number of aliphatic hydroxyl groups is 2. The van der Waals surface area contributed by atoms with Crippen LogP contribution in [0.15, 0.2) is 22.2 Å². The largest absolute Gasteiger partial charge is 0.472 e. The minimum absolute atomic E-state index is 0.0222. The number of aromatic amines is 2. The number of aromatic nitrogens is 8. The summed E-state index contributed by atoms with van der Waals surface area (Å²) in [6, 6.07) is -1.06. The van der Waals surface area contributed by atoms with Gasteiger partial charge in [0.1, 0.15) is 42.2 Å². The van der Waals surface area contributed by atoms with Crippen molar-refractivity contribution in [2.75, 3.05) is 24.7 Å². The molecule has 24 nitrogen and oxygen atoms in total. The smallest absolute Gasteiger partial charge is 0.386 e. The summed E-state index contributed by atoms with van der Waals surface area (Å²) in [4.78, 5) is 66.3. The molecular weight excluding hydrogens is 678 g/mol. The van der Waals surface area contributed by atoms with Crippen molar-refractivity contribution in [2.45, 2.75) is 54.5 Å². The molecule has 0 aromatic carbocycles. The molecule has 0 bridgehead atoms. The molecule has 1 aliphatic carbocycles. The number of phosphoric ester groups is 2. The molecule has 8 rings (SSSR count). The third kappa shape index (κ3) is 4.76. The van der Waals surface area contributed by atoms with Gasteiger partial charge >= 0.3 is 15.6 Å². The van der Waals surface area contributed by atoms with Crippen molar-refractivity contribution in [1.82, 2.24) is 39.0 Å². The summed E-state index contributed by atoms with van der Waals surface area (Å²) in [7, 11) is -10.2. The Bertz CT molecular complexity index is 2150. The molecule has 11 atom stereocenters. The second kappa shape index (κ2) is 10.2. The number of nitrogens with zero attached hydrogens (tertiary/aromatic N) is 6. The second-order valence-electron chi connectivity index (χ2n) is 11.2. The van der Waals surface area contributed by atoms with Gasteiger partial charge in [-0.3, -0.25) is 42.2 Å². The van der Waals surface area contributed by atoms with Crippen molar-refractivity contribution < 1.29 is 56.7 Å². The van der Waals surface area contributed by atoms with E-state index >= 15 is 0 Å². The molecule has 10 N–H and O–H groups in total. The van der Waals surface area contributed by atoms with Gasteiger partial charge in [-0.25, -0.2) is 19.1 Å². The third-order valence-corrected chi connectivity index (χ3v) is 10.3. The van der Waals surface area contributed by atoms with Crippen LogP contribution in [0.4, 0.5) is 11.9 Å². The van der Waals surface area contributed by atoms with Gasteiger partial charge in [0.2, 0.25) is 11.9 Å². The van der Waals surface area contributed by atoms with E-state index in [1.54, 1.807) is 0 Å². The van der Waals surface area contributed by atoms with Crippen LogP contribution in [0, 0.1) is 0 Å². The maximum absolute atomic E-state index is 13.2. The van der Waals surface area contributed by atoms with E-state index in [0.29, 0.717) is 0 Å². The number of hydrogen-bond donors (Lipinski definition) is 8. The number of fused-ring (bicyclic) bond motifs is 6. The lowest BCUT2D eigenvalue weighted by Gasteiger charge is -2.30. The van der Waals surface area contributed by atoms with E-state index in [-0.39, 0.29) is 34.2 Å². The summed E-state index contributed by atoms with van der Waals surface area (Å²) in [5, 5.41) is 22.8. The number of nitrogens with two attached hydrogens (primary N) is 2. The van der Waals surface area contributed by atoms with Crippen molar-refractivity contribution in [2.24, 2.45) is 0 Å². The Morgan fingerprint density at radius 2 is 1.40 bits per heavy atom. The highest BCUT2D eigenvalue weighted by Gasteiger charge is 2.79. The first kappa shape index (κ1) is 30.7. The van der Waals surface area contributed by atoms with Crippen LogP contribution in [0.3, 0.4) is 0 Å². The van der Waals surface area contributed by atoms with Gasteiger partial charge in [0.25, 0.3) is 11.1 Å². The van der Waals surface area contributed by atoms with Gasteiger partial charge in [-0.15, -0.1) is 0 Å². The van der Waals surface area contributed by atoms with E-state index in [4.69, 9.17) is 39.0 Å². The highest BCUT2D eigenvalue weighted by Crippen LogP contribution is 2.64. The molecule has 7 heterocycles. The molecular formula is C21H24N10O14P2. The molecule has 1 saturated carbocycles. The molecule has 4 aromatic heterocycles. The number of ether oxygens (including phenoxy) is 2. The predicted molar refractivity (Wildman–Crippen MR) is 149 cm³/mol. The zero-order valence-corrected chi connectivity index (χ0v) is 25.1. The second-order valence-corrected chi connectivity index (χ2v) is 14.0. The molecule has 4 fully saturated rings. The highest BCUT2D eigenvalue weighted by atomic mass is 31.2. The van der Waals surface area contributed by atoms with Gasteiger partial charge in [0.05, 0.1) is 31.9 Å². The van der Waals surface area contributed by atoms with Crippen LogP contribution in [0.2, 0.25) is 0 Å². The van der Waals surface area contributed by atoms with Gasteiger partial charge in [0, 0.05) is 0 Å². The topological polar surface area (TPSA) is 350 Å². The summed E-state index contributed by atoms with van der Waals surface area (Å²) in [6.45, 7) is -1.67. The van der Waals surface area contributed by atoms with Crippen LogP contribution < -0.4 is 22.6 Å². The van der Waals surface area contributed by atoms with Gasteiger partial charge < -0.3 is 45.5 Å². The van der Waals surface area contributed by atoms with Crippen LogP contribution in [-0.4, -0.2) is 114 Å². The van der Waals surface area contributed by atoms with Gasteiger partial charge in [0.15, 0.2) is 28.6 Å². The van der Waals surface area contributed by atoms with Crippen LogP contribution >= 0.6 is 15.6 Å². The first-order valence-electron chi connectivity index (χ1n) is 13.6. The Balaban J connectivity index is 1.09. The summed E-state index contributed by atoms with van der Waals surface area (Å²) >= 11 is 0. The molecule has 3 aliphatic heterocycles. The van der Waals surface area contributed by atoms with E-state index in [1.165, 1.54) is 10.9 Å². The number of imidazole rings is 2. The molecule has 0 spiro atoms. The number of anilines is 2. The Morgan fingerprint density at radius 1 is 0.851 bits per heavy atom. The molecule has 3 saturated heterocycles. The molecule has 252 valence electrons. The SMILES string of the molecule is Nc1nc2c(ncn2C2[C@@H]3O[C@@H]4COP(=O)(O)O[C@@H]5C(O)[C@H](n6cnc7c(=O)[nH]c(N)nc76)O[C@@H]5COP(=O)(O)OC4C23O)c(=O)[nH]1. The lowest BCUT2D eigenvalue weighted by molar-refractivity contribution is -0.0800. The molecule has 4 aromatic rings. The maximum atomic E-state index is 13.2. The van der Waals surface area contributed by atoms with E-state index in [1.807, 2.05) is 0 Å². The van der Waals surface area contributed by atoms with Gasteiger partial charge in [-0.05, 0) is 0 Å². The van der Waals surface area contributed by atoms with Gasteiger partial charge in [-0.1, -0.05) is 0 Å². The first-order chi connectivity index (χ1) is 22.2. The molecule has 0 amide bonds. The Kier molecular flexibility index (Phi) is 6.65. The molecule has 26 heteroatoms. The summed E-state index contributed by atoms with van der Waals surface area (Å²) in [5.41, 5.74) is 7.46. The normalized spacial score (nSPS) is 40.4. The number of aliphatic hydroxyl groups excluding tert-OH is 1. The van der Waals surface area contributed by atoms with Crippen molar-refractivity contribution in [3.8, 4) is 0 Å². The monoisotopic (exact) mass is 702 g/mol. The fraction of sp³-hybridized carbons (Fsp3) is 0.524. The standard InChI is InChI=1S/C21H24N10O14P2/c22-19-26-14-7(16(33)28-19)24-3-30(14)11-13-21(11,35)12-6(42-13)2-41-46(36,37)44-10-5(1-40-47(38,39)45-12)43-18(9(10)32)31-4-25-8-15(31)27-20(23)29-17(8)34/h3-6,9-13,18,32,35H,1-2H2,(H,36,37)(H,38,39)(H3,22,26,28,33)(H3,23,27,29,34)/t5-,6-,9?,10+,11?,12?,13+,18-,21?/m1/s1. The number of phosphoric acid groups is 2. The minimum Gasteiger partial charge on any atom is -0.386 e. The lowest BCUT2D eigenvalue weighted by Crippen LogP contribution is -2.43. The number of H-pyrrole nitrogens is 2. The number of nitrogens with one attached hydrogen (secondary N) is 2.